The van der Waals surface area contributed by atoms with Crippen molar-refractivity contribution in [2.45, 2.75) is 142 Å². The molecule has 214 valence electrons. The van der Waals surface area contributed by atoms with Crippen molar-refractivity contribution in [3.63, 3.8) is 0 Å². The van der Waals surface area contributed by atoms with E-state index >= 15 is 0 Å². The quantitative estimate of drug-likeness (QED) is 0.134. The third-order valence-corrected chi connectivity index (χ3v) is 7.28. The highest BCUT2D eigenvalue weighted by Crippen LogP contribution is 2.20. The Bertz CT molecular complexity index is 813. The molecule has 0 saturated heterocycles. The Kier molecular flexibility index (Phi) is 17.7. The van der Waals surface area contributed by atoms with Crippen molar-refractivity contribution >= 4 is 0 Å². The van der Waals surface area contributed by atoms with Crippen molar-refractivity contribution in [2.24, 2.45) is 0 Å². The number of hydrogen-bond donors (Lipinski definition) is 0. The van der Waals surface area contributed by atoms with Gasteiger partial charge >= 0.3 is 0 Å². The van der Waals surface area contributed by atoms with Crippen LogP contribution in [0.15, 0.2) is 36.7 Å². The predicted octanol–water partition coefficient (Wildman–Crippen LogP) is 10.4. The third-order valence-electron chi connectivity index (χ3n) is 7.28. The summed E-state index contributed by atoms with van der Waals surface area (Å²) >= 11 is 0. The van der Waals surface area contributed by atoms with Gasteiger partial charge in [-0.25, -0.2) is 18.7 Å². The minimum absolute atomic E-state index is 0.333. The van der Waals surface area contributed by atoms with E-state index in [0.29, 0.717) is 43.9 Å². The maximum absolute atomic E-state index is 14.4. The Morgan fingerprint density at radius 3 is 1.74 bits per heavy atom. The third kappa shape index (κ3) is 14.8. The molecule has 0 spiro atoms. The molecule has 2 rings (SSSR count). The van der Waals surface area contributed by atoms with Gasteiger partial charge in [0.2, 0.25) is 0 Å². The second-order valence-electron chi connectivity index (χ2n) is 10.8. The van der Waals surface area contributed by atoms with Gasteiger partial charge in [-0.15, -0.1) is 0 Å². The average molecular weight is 531 g/mol. The van der Waals surface area contributed by atoms with Crippen LogP contribution in [0.5, 0.6) is 5.75 Å². The van der Waals surface area contributed by atoms with Gasteiger partial charge in [0, 0.05) is 12.0 Å². The summed E-state index contributed by atoms with van der Waals surface area (Å²) in [6.07, 6.45) is 20.7. The highest BCUT2D eigenvalue weighted by molar-refractivity contribution is 5.55. The zero-order valence-corrected chi connectivity index (χ0v) is 24.1. The summed E-state index contributed by atoms with van der Waals surface area (Å²) in [6.45, 7) is 4.71. The summed E-state index contributed by atoms with van der Waals surface area (Å²) in [5, 5.41) is 0. The lowest BCUT2D eigenvalue weighted by Gasteiger charge is -2.10. The van der Waals surface area contributed by atoms with Gasteiger partial charge in [0.15, 0.2) is 11.6 Å². The van der Waals surface area contributed by atoms with E-state index in [4.69, 9.17) is 4.74 Å². The minimum Gasteiger partial charge on any atom is -0.490 e. The summed E-state index contributed by atoms with van der Waals surface area (Å²) in [7, 11) is 0. The number of unbranched alkanes of at least 4 members (excludes halogenated alkanes) is 11. The fraction of sp³-hybridized carbons (Fsp3) is 0.697. The molecule has 0 unspecified atom stereocenters. The van der Waals surface area contributed by atoms with Crippen molar-refractivity contribution < 1.29 is 13.5 Å². The Balaban J connectivity index is 1.58. The Hall–Kier alpha value is -2.04. The number of ether oxygens (including phenoxy) is 1. The first-order valence-corrected chi connectivity index (χ1v) is 15.4. The summed E-state index contributed by atoms with van der Waals surface area (Å²) in [5.74, 6) is 1.18. The monoisotopic (exact) mass is 530 g/mol. The van der Waals surface area contributed by atoms with Crippen LogP contribution >= 0.6 is 0 Å². The van der Waals surface area contributed by atoms with Crippen LogP contribution in [-0.4, -0.2) is 28.9 Å². The van der Waals surface area contributed by atoms with Crippen molar-refractivity contribution in [1.82, 2.24) is 9.97 Å². The fourth-order valence-electron chi connectivity index (χ4n) is 4.75. The van der Waals surface area contributed by atoms with Gasteiger partial charge in [-0.05, 0) is 31.2 Å². The number of aryl methyl sites for hydroxylation is 1. The predicted molar refractivity (Wildman–Crippen MR) is 156 cm³/mol. The Labute approximate surface area is 231 Å². The molecule has 0 saturated carbocycles. The summed E-state index contributed by atoms with van der Waals surface area (Å²) < 4.78 is 33.8. The molecule has 1 aromatic heterocycles. The van der Waals surface area contributed by atoms with Gasteiger partial charge in [0.25, 0.3) is 0 Å². The highest BCUT2D eigenvalue weighted by atomic mass is 19.1. The van der Waals surface area contributed by atoms with Gasteiger partial charge < -0.3 is 4.74 Å². The molecule has 0 amide bonds. The molecule has 2 aromatic rings. The van der Waals surface area contributed by atoms with Crippen molar-refractivity contribution in [2.75, 3.05) is 6.61 Å². The molecule has 3 nitrogen and oxygen atoms in total. The van der Waals surface area contributed by atoms with Crippen LogP contribution in [0.4, 0.5) is 8.78 Å². The first-order valence-electron chi connectivity index (χ1n) is 15.4. The van der Waals surface area contributed by atoms with E-state index in [2.05, 4.69) is 23.8 Å². The van der Waals surface area contributed by atoms with Crippen LogP contribution < -0.4 is 4.74 Å². The number of benzene rings is 1. The molecule has 1 aromatic carbocycles. The van der Waals surface area contributed by atoms with E-state index in [1.54, 1.807) is 12.4 Å². The fourth-order valence-corrected chi connectivity index (χ4v) is 4.75. The molecule has 0 N–H and O–H groups in total. The van der Waals surface area contributed by atoms with Crippen LogP contribution in [-0.2, 0) is 6.42 Å². The van der Waals surface area contributed by atoms with E-state index < -0.39 is 12.3 Å². The second-order valence-corrected chi connectivity index (χ2v) is 10.8. The van der Waals surface area contributed by atoms with Crippen LogP contribution in [0.3, 0.4) is 0 Å². The normalized spacial score (nSPS) is 12.9. The smallest absolute Gasteiger partial charge is 0.159 e. The van der Waals surface area contributed by atoms with Gasteiger partial charge in [0.1, 0.15) is 12.3 Å². The van der Waals surface area contributed by atoms with Crippen molar-refractivity contribution in [3.05, 3.63) is 42.2 Å². The second kappa shape index (κ2) is 20.9. The number of nitrogens with zero attached hydrogens (tertiary/aromatic N) is 2. The Morgan fingerprint density at radius 1 is 0.632 bits per heavy atom. The summed E-state index contributed by atoms with van der Waals surface area (Å²) in [5.41, 5.74) is 2.06. The van der Waals surface area contributed by atoms with E-state index in [-0.39, 0.29) is 0 Å². The molecule has 0 fully saturated rings. The zero-order chi connectivity index (χ0) is 27.3. The molecule has 2 atom stereocenters. The lowest BCUT2D eigenvalue weighted by molar-refractivity contribution is 0.222. The van der Waals surface area contributed by atoms with Crippen molar-refractivity contribution in [1.29, 1.82) is 0 Å². The first kappa shape index (κ1) is 32.2. The molecule has 1 heterocycles. The van der Waals surface area contributed by atoms with E-state index in [9.17, 15) is 8.78 Å². The zero-order valence-electron chi connectivity index (χ0n) is 24.1. The molecule has 5 heteroatoms. The topological polar surface area (TPSA) is 35.0 Å². The van der Waals surface area contributed by atoms with Gasteiger partial charge in [-0.1, -0.05) is 122 Å². The number of halogens is 2. The molecular weight excluding hydrogens is 478 g/mol. The van der Waals surface area contributed by atoms with Gasteiger partial charge in [0.05, 0.1) is 19.0 Å². The van der Waals surface area contributed by atoms with Crippen LogP contribution in [0.1, 0.15) is 129 Å². The molecular formula is C33H52F2N2O. The molecule has 0 aliphatic carbocycles. The van der Waals surface area contributed by atoms with E-state index in [1.165, 1.54) is 51.4 Å². The molecule has 0 aliphatic heterocycles. The lowest BCUT2D eigenvalue weighted by atomic mass is 10.0. The maximum atomic E-state index is 14.4. The number of rotatable bonds is 23. The largest absolute Gasteiger partial charge is 0.490 e. The lowest BCUT2D eigenvalue weighted by Crippen LogP contribution is -2.08. The SMILES string of the molecule is CCCCCCCCCCCC[C@@H](F)CCc1ccc(-c2ncc(OCC[C@@H](F)CCCCC)cn2)cc1. The number of alkyl halides is 2. The number of hydrogen-bond acceptors (Lipinski definition) is 3. The first-order chi connectivity index (χ1) is 18.6. The minimum atomic E-state index is -0.812. The van der Waals surface area contributed by atoms with Gasteiger partial charge in [-0.3, -0.25) is 0 Å². The van der Waals surface area contributed by atoms with Crippen LogP contribution in [0, 0.1) is 0 Å². The van der Waals surface area contributed by atoms with Crippen molar-refractivity contribution in [3.8, 4) is 17.1 Å². The Morgan fingerprint density at radius 2 is 1.13 bits per heavy atom. The van der Waals surface area contributed by atoms with Crippen LogP contribution in [0.2, 0.25) is 0 Å². The molecule has 0 radical (unpaired) electrons. The molecule has 0 bridgehead atoms. The van der Waals surface area contributed by atoms with Crippen LogP contribution in [0.25, 0.3) is 11.4 Å². The average Bonchev–Trinajstić information content (AvgIpc) is 2.94. The van der Waals surface area contributed by atoms with E-state index in [0.717, 1.165) is 49.7 Å². The van der Waals surface area contributed by atoms with E-state index in [1.807, 2.05) is 24.3 Å². The maximum Gasteiger partial charge on any atom is 0.159 e. The molecule has 38 heavy (non-hydrogen) atoms. The summed E-state index contributed by atoms with van der Waals surface area (Å²) in [6, 6.07) is 8.06. The highest BCUT2D eigenvalue weighted by Gasteiger charge is 2.09. The number of aromatic nitrogens is 2. The molecule has 0 aliphatic rings. The van der Waals surface area contributed by atoms with Gasteiger partial charge in [-0.2, -0.15) is 0 Å². The summed E-state index contributed by atoms with van der Waals surface area (Å²) in [4.78, 5) is 8.80. The standard InChI is InChI=1S/C33H52F2N2O/c1-3-5-7-8-9-10-11-12-13-15-17-30(34)23-20-28-18-21-29(22-19-28)33-36-26-32(27-37-33)38-25-24-31(35)16-14-6-4-2/h18-19,21-22,26-27,30-31H,3-17,20,23-25H2,1-2H3/t30-,31+/m1/s1.